The molecule has 0 saturated heterocycles. The topological polar surface area (TPSA) is 34.4 Å². The summed E-state index contributed by atoms with van der Waals surface area (Å²) in [7, 11) is 0. The largest absolute Gasteiger partial charge is 0.313 e. The van der Waals surface area contributed by atoms with Crippen LogP contribution >= 0.6 is 11.3 Å². The Morgan fingerprint density at radius 3 is 2.91 bits per heavy atom. The molecular formula is C18H21FN2OS. The second-order valence-corrected chi connectivity index (χ2v) is 7.12. The summed E-state index contributed by atoms with van der Waals surface area (Å²) in [4.78, 5) is 17.2. The first-order chi connectivity index (χ1) is 11.2. The number of thiazole rings is 1. The fraction of sp³-hybridized carbons (Fsp3) is 0.444. The van der Waals surface area contributed by atoms with Gasteiger partial charge < -0.3 is 4.57 Å². The van der Waals surface area contributed by atoms with Crippen molar-refractivity contribution in [1.82, 2.24) is 4.57 Å². The average molecular weight is 332 g/mol. The Hall–Kier alpha value is -1.75. The summed E-state index contributed by atoms with van der Waals surface area (Å²) < 4.78 is 16.1. The molecule has 1 amide bonds. The highest BCUT2D eigenvalue weighted by atomic mass is 32.1. The molecular weight excluding hydrogens is 311 g/mol. The molecule has 0 atom stereocenters. The van der Waals surface area contributed by atoms with Crippen molar-refractivity contribution in [2.45, 2.75) is 45.1 Å². The molecule has 1 fully saturated rings. The van der Waals surface area contributed by atoms with E-state index in [0.717, 1.165) is 23.1 Å². The van der Waals surface area contributed by atoms with Crippen molar-refractivity contribution in [3.05, 3.63) is 41.5 Å². The van der Waals surface area contributed by atoms with Crippen LogP contribution < -0.4 is 4.80 Å². The van der Waals surface area contributed by atoms with Crippen LogP contribution in [0.3, 0.4) is 0 Å². The zero-order valence-electron chi connectivity index (χ0n) is 13.1. The molecule has 1 aliphatic rings. The third-order valence-corrected chi connectivity index (χ3v) is 5.41. The quantitative estimate of drug-likeness (QED) is 0.763. The van der Waals surface area contributed by atoms with E-state index in [1.54, 1.807) is 12.1 Å². The molecule has 1 aliphatic carbocycles. The third-order valence-electron chi connectivity index (χ3n) is 4.36. The van der Waals surface area contributed by atoms with Gasteiger partial charge in [-0.05, 0) is 37.0 Å². The maximum Gasteiger partial charge on any atom is 0.248 e. The van der Waals surface area contributed by atoms with E-state index in [1.807, 2.05) is 4.57 Å². The standard InChI is InChI=1S/C18H21FN2OS/c1-2-10-21-15-9-8-14(19)12-16(15)23-18(21)20-17(22)11-13-6-4-3-5-7-13/h2,8-9,12-13H,1,3-7,10-11H2. The first kappa shape index (κ1) is 16.1. The minimum absolute atomic E-state index is 0.0678. The third kappa shape index (κ3) is 3.78. The van der Waals surface area contributed by atoms with Gasteiger partial charge in [-0.15, -0.1) is 6.58 Å². The Balaban J connectivity index is 1.91. The minimum atomic E-state index is -0.274. The number of aromatic nitrogens is 1. The van der Waals surface area contributed by atoms with E-state index in [2.05, 4.69) is 11.6 Å². The summed E-state index contributed by atoms with van der Waals surface area (Å²) in [6, 6.07) is 4.65. The van der Waals surface area contributed by atoms with E-state index >= 15 is 0 Å². The van der Waals surface area contributed by atoms with E-state index in [9.17, 15) is 9.18 Å². The monoisotopic (exact) mass is 332 g/mol. The van der Waals surface area contributed by atoms with Crippen molar-refractivity contribution in [2.24, 2.45) is 10.9 Å². The molecule has 0 spiro atoms. The number of fused-ring (bicyclic) bond motifs is 1. The van der Waals surface area contributed by atoms with E-state index in [4.69, 9.17) is 0 Å². The predicted molar refractivity (Wildman–Crippen MR) is 91.7 cm³/mol. The number of nitrogens with zero attached hydrogens (tertiary/aromatic N) is 2. The van der Waals surface area contributed by atoms with Gasteiger partial charge in [0.05, 0.1) is 10.2 Å². The predicted octanol–water partition coefficient (Wildman–Crippen LogP) is 4.43. The molecule has 0 bridgehead atoms. The van der Waals surface area contributed by atoms with Gasteiger partial charge in [-0.25, -0.2) is 4.39 Å². The number of carbonyl (C=O) groups excluding carboxylic acids is 1. The lowest BCUT2D eigenvalue weighted by Gasteiger charge is -2.19. The van der Waals surface area contributed by atoms with Gasteiger partial charge in [-0.1, -0.05) is 36.7 Å². The fourth-order valence-electron chi connectivity index (χ4n) is 3.23. The number of hydrogen-bond donors (Lipinski definition) is 0. The molecule has 3 rings (SSSR count). The summed E-state index contributed by atoms with van der Waals surface area (Å²) in [6.45, 7) is 4.31. The lowest BCUT2D eigenvalue weighted by Crippen LogP contribution is -2.18. The molecule has 5 heteroatoms. The summed E-state index contributed by atoms with van der Waals surface area (Å²) in [5.74, 6) is 0.131. The summed E-state index contributed by atoms with van der Waals surface area (Å²) in [5.41, 5.74) is 0.889. The van der Waals surface area contributed by atoms with E-state index in [-0.39, 0.29) is 11.7 Å². The molecule has 3 nitrogen and oxygen atoms in total. The molecule has 2 aromatic rings. The maximum atomic E-state index is 13.4. The Bertz CT molecular complexity index is 784. The van der Waals surface area contributed by atoms with Gasteiger partial charge in [0.1, 0.15) is 5.82 Å². The lowest BCUT2D eigenvalue weighted by atomic mass is 9.87. The van der Waals surface area contributed by atoms with Crippen LogP contribution in [0.15, 0.2) is 35.8 Å². The fourth-order valence-corrected chi connectivity index (χ4v) is 4.31. The molecule has 23 heavy (non-hydrogen) atoms. The highest BCUT2D eigenvalue weighted by Crippen LogP contribution is 2.26. The normalized spacial score (nSPS) is 16.8. The Kier molecular flexibility index (Phi) is 5.06. The van der Waals surface area contributed by atoms with Crippen LogP contribution in [0.25, 0.3) is 10.2 Å². The van der Waals surface area contributed by atoms with Gasteiger partial charge in [0.25, 0.3) is 0 Å². The van der Waals surface area contributed by atoms with Crippen LogP contribution in [0.5, 0.6) is 0 Å². The molecule has 1 heterocycles. The van der Waals surface area contributed by atoms with E-state index in [0.29, 0.717) is 23.7 Å². The molecule has 0 aliphatic heterocycles. The van der Waals surface area contributed by atoms with Crippen LogP contribution in [0.4, 0.5) is 4.39 Å². The average Bonchev–Trinajstić information content (AvgIpc) is 2.85. The summed E-state index contributed by atoms with van der Waals surface area (Å²) in [6.07, 6.45) is 8.27. The van der Waals surface area contributed by atoms with Gasteiger partial charge in [-0.3, -0.25) is 4.79 Å². The zero-order valence-corrected chi connectivity index (χ0v) is 13.9. The molecule has 1 aromatic carbocycles. The highest BCUT2D eigenvalue weighted by Gasteiger charge is 2.17. The first-order valence-electron chi connectivity index (χ1n) is 8.14. The number of allylic oxidation sites excluding steroid dienone is 1. The van der Waals surface area contributed by atoms with Gasteiger partial charge in [-0.2, -0.15) is 4.99 Å². The maximum absolute atomic E-state index is 13.4. The van der Waals surface area contributed by atoms with Crippen molar-refractivity contribution < 1.29 is 9.18 Å². The summed E-state index contributed by atoms with van der Waals surface area (Å²) >= 11 is 1.36. The molecule has 122 valence electrons. The summed E-state index contributed by atoms with van der Waals surface area (Å²) in [5, 5.41) is 0. The van der Waals surface area contributed by atoms with Gasteiger partial charge in [0, 0.05) is 13.0 Å². The van der Waals surface area contributed by atoms with Crippen LogP contribution in [0.2, 0.25) is 0 Å². The van der Waals surface area contributed by atoms with Crippen LogP contribution in [-0.2, 0) is 11.3 Å². The highest BCUT2D eigenvalue weighted by molar-refractivity contribution is 7.16. The second-order valence-electron chi connectivity index (χ2n) is 6.11. The Morgan fingerprint density at radius 1 is 1.39 bits per heavy atom. The Morgan fingerprint density at radius 2 is 2.17 bits per heavy atom. The number of carbonyl (C=O) groups is 1. The number of halogens is 1. The lowest BCUT2D eigenvalue weighted by molar-refractivity contribution is -0.119. The van der Waals surface area contributed by atoms with Crippen LogP contribution in [-0.4, -0.2) is 10.5 Å². The molecule has 0 unspecified atom stereocenters. The zero-order chi connectivity index (χ0) is 16.2. The van der Waals surface area contributed by atoms with Crippen molar-refractivity contribution in [3.8, 4) is 0 Å². The number of hydrogen-bond acceptors (Lipinski definition) is 2. The van der Waals surface area contributed by atoms with Crippen molar-refractivity contribution in [1.29, 1.82) is 0 Å². The first-order valence-corrected chi connectivity index (χ1v) is 8.96. The number of benzene rings is 1. The van der Waals surface area contributed by atoms with Gasteiger partial charge >= 0.3 is 0 Å². The SMILES string of the molecule is C=CCn1c(=NC(=O)CC2CCCCC2)sc2cc(F)ccc21. The molecule has 1 saturated carbocycles. The van der Waals surface area contributed by atoms with Crippen molar-refractivity contribution in [3.63, 3.8) is 0 Å². The van der Waals surface area contributed by atoms with Gasteiger partial charge in [0.15, 0.2) is 4.80 Å². The molecule has 1 aromatic heterocycles. The van der Waals surface area contributed by atoms with Gasteiger partial charge in [0.2, 0.25) is 5.91 Å². The molecule has 0 N–H and O–H groups in total. The minimum Gasteiger partial charge on any atom is -0.313 e. The smallest absolute Gasteiger partial charge is 0.248 e. The van der Waals surface area contributed by atoms with Crippen LogP contribution in [0.1, 0.15) is 38.5 Å². The van der Waals surface area contributed by atoms with Crippen molar-refractivity contribution in [2.75, 3.05) is 0 Å². The van der Waals surface area contributed by atoms with E-state index < -0.39 is 0 Å². The second kappa shape index (κ2) is 7.21. The number of rotatable bonds is 4. The number of amides is 1. The van der Waals surface area contributed by atoms with Crippen LogP contribution in [0, 0.1) is 11.7 Å². The molecule has 0 radical (unpaired) electrons. The Labute approximate surface area is 139 Å². The van der Waals surface area contributed by atoms with E-state index in [1.165, 1.54) is 42.7 Å². The van der Waals surface area contributed by atoms with Crippen molar-refractivity contribution >= 4 is 27.5 Å².